The van der Waals surface area contributed by atoms with Gasteiger partial charge >= 0.3 is 0 Å². The SMILES string of the molecule is CC(CO)N(C)c1ccc(N=Nc2ccc([N+](=O)[O-])cc2)cc1. The zero-order valence-electron chi connectivity index (χ0n) is 13.0. The predicted molar refractivity (Wildman–Crippen MR) is 88.7 cm³/mol. The summed E-state index contributed by atoms with van der Waals surface area (Å²) < 4.78 is 0. The zero-order valence-corrected chi connectivity index (χ0v) is 13.0. The Balaban J connectivity index is 2.06. The van der Waals surface area contributed by atoms with Gasteiger partial charge in [-0.3, -0.25) is 10.1 Å². The molecule has 1 unspecified atom stereocenters. The fourth-order valence-corrected chi connectivity index (χ4v) is 1.89. The minimum absolute atomic E-state index is 0.0225. The number of hydrogen-bond donors (Lipinski definition) is 1. The summed E-state index contributed by atoms with van der Waals surface area (Å²) in [4.78, 5) is 12.1. The summed E-state index contributed by atoms with van der Waals surface area (Å²) in [6, 6.07) is 13.4. The molecule has 0 saturated heterocycles. The number of rotatable bonds is 6. The summed E-state index contributed by atoms with van der Waals surface area (Å²) in [6.07, 6.45) is 0. The molecule has 0 bridgehead atoms. The number of nitro groups is 1. The highest BCUT2D eigenvalue weighted by atomic mass is 16.6. The van der Waals surface area contributed by atoms with Crippen molar-refractivity contribution in [1.29, 1.82) is 0 Å². The van der Waals surface area contributed by atoms with Crippen LogP contribution in [0.25, 0.3) is 0 Å². The van der Waals surface area contributed by atoms with E-state index in [0.29, 0.717) is 11.4 Å². The van der Waals surface area contributed by atoms with E-state index in [1.807, 2.05) is 43.1 Å². The second-order valence-corrected chi connectivity index (χ2v) is 5.13. The molecule has 1 atom stereocenters. The van der Waals surface area contributed by atoms with Crippen LogP contribution in [-0.2, 0) is 0 Å². The van der Waals surface area contributed by atoms with Crippen LogP contribution < -0.4 is 4.90 Å². The van der Waals surface area contributed by atoms with Gasteiger partial charge in [-0.15, -0.1) is 0 Å². The first-order valence-electron chi connectivity index (χ1n) is 7.11. The number of aliphatic hydroxyl groups is 1. The van der Waals surface area contributed by atoms with E-state index in [1.165, 1.54) is 12.1 Å². The van der Waals surface area contributed by atoms with Crippen molar-refractivity contribution in [3.05, 3.63) is 58.6 Å². The number of anilines is 1. The van der Waals surface area contributed by atoms with Gasteiger partial charge in [-0.1, -0.05) is 0 Å². The first-order chi connectivity index (χ1) is 11.0. The summed E-state index contributed by atoms with van der Waals surface area (Å²) >= 11 is 0. The quantitative estimate of drug-likeness (QED) is 0.498. The minimum atomic E-state index is -0.455. The molecule has 0 fully saturated rings. The lowest BCUT2D eigenvalue weighted by molar-refractivity contribution is -0.384. The smallest absolute Gasteiger partial charge is 0.269 e. The van der Waals surface area contributed by atoms with Gasteiger partial charge in [0.05, 0.1) is 22.9 Å². The van der Waals surface area contributed by atoms with Gasteiger partial charge in [0.15, 0.2) is 0 Å². The molecule has 0 heterocycles. The maximum Gasteiger partial charge on any atom is 0.269 e. The van der Waals surface area contributed by atoms with Crippen LogP contribution in [0.15, 0.2) is 58.8 Å². The fourth-order valence-electron chi connectivity index (χ4n) is 1.89. The molecule has 0 spiro atoms. The van der Waals surface area contributed by atoms with Gasteiger partial charge in [0.1, 0.15) is 0 Å². The Hall–Kier alpha value is -2.80. The van der Waals surface area contributed by atoms with Crippen LogP contribution in [0, 0.1) is 10.1 Å². The van der Waals surface area contributed by atoms with Gasteiger partial charge in [-0.2, -0.15) is 10.2 Å². The minimum Gasteiger partial charge on any atom is -0.394 e. The Morgan fingerprint density at radius 2 is 1.57 bits per heavy atom. The Morgan fingerprint density at radius 3 is 2.00 bits per heavy atom. The van der Waals surface area contributed by atoms with E-state index < -0.39 is 4.92 Å². The third-order valence-electron chi connectivity index (χ3n) is 3.52. The highest BCUT2D eigenvalue weighted by Gasteiger charge is 2.08. The van der Waals surface area contributed by atoms with Crippen LogP contribution in [0.1, 0.15) is 6.92 Å². The molecule has 23 heavy (non-hydrogen) atoms. The molecule has 120 valence electrons. The third-order valence-corrected chi connectivity index (χ3v) is 3.52. The fraction of sp³-hybridized carbons (Fsp3) is 0.250. The van der Waals surface area contributed by atoms with Crippen LogP contribution in [0.2, 0.25) is 0 Å². The van der Waals surface area contributed by atoms with Crippen LogP contribution in [0.5, 0.6) is 0 Å². The molecule has 0 aliphatic rings. The maximum atomic E-state index is 10.6. The predicted octanol–water partition coefficient (Wildman–Crippen LogP) is 3.83. The van der Waals surface area contributed by atoms with E-state index in [9.17, 15) is 10.1 Å². The lowest BCUT2D eigenvalue weighted by atomic mass is 10.2. The summed E-state index contributed by atoms with van der Waals surface area (Å²) in [6.45, 7) is 2.01. The van der Waals surface area contributed by atoms with Crippen molar-refractivity contribution < 1.29 is 10.0 Å². The molecule has 7 heteroatoms. The molecule has 2 aromatic carbocycles. The number of azo groups is 1. The lowest BCUT2D eigenvalue weighted by Gasteiger charge is -2.25. The average Bonchev–Trinajstić information content (AvgIpc) is 2.59. The summed E-state index contributed by atoms with van der Waals surface area (Å²) in [7, 11) is 1.91. The number of aliphatic hydroxyl groups excluding tert-OH is 1. The van der Waals surface area contributed by atoms with E-state index in [1.54, 1.807) is 12.1 Å². The van der Waals surface area contributed by atoms with Gasteiger partial charge in [-0.05, 0) is 43.3 Å². The van der Waals surface area contributed by atoms with Crippen molar-refractivity contribution in [2.24, 2.45) is 10.2 Å². The number of non-ortho nitro benzene ring substituents is 1. The molecule has 0 radical (unpaired) electrons. The number of benzene rings is 2. The van der Waals surface area contributed by atoms with Crippen molar-refractivity contribution >= 4 is 22.7 Å². The molecule has 1 N–H and O–H groups in total. The Morgan fingerprint density at radius 1 is 1.09 bits per heavy atom. The number of likely N-dealkylation sites (N-methyl/N-ethyl adjacent to an activating group) is 1. The van der Waals surface area contributed by atoms with E-state index in [-0.39, 0.29) is 18.3 Å². The monoisotopic (exact) mass is 314 g/mol. The van der Waals surface area contributed by atoms with Crippen LogP contribution in [0.4, 0.5) is 22.7 Å². The average molecular weight is 314 g/mol. The van der Waals surface area contributed by atoms with Gasteiger partial charge < -0.3 is 10.0 Å². The van der Waals surface area contributed by atoms with Gasteiger partial charge in [0.25, 0.3) is 5.69 Å². The largest absolute Gasteiger partial charge is 0.394 e. The first-order valence-corrected chi connectivity index (χ1v) is 7.11. The van der Waals surface area contributed by atoms with Crippen LogP contribution >= 0.6 is 0 Å². The topological polar surface area (TPSA) is 91.3 Å². The van der Waals surface area contributed by atoms with Gasteiger partial charge in [0.2, 0.25) is 0 Å². The van der Waals surface area contributed by atoms with E-state index in [4.69, 9.17) is 5.11 Å². The van der Waals surface area contributed by atoms with Crippen molar-refractivity contribution in [2.45, 2.75) is 13.0 Å². The van der Waals surface area contributed by atoms with Crippen LogP contribution in [0.3, 0.4) is 0 Å². The van der Waals surface area contributed by atoms with E-state index in [0.717, 1.165) is 5.69 Å². The van der Waals surface area contributed by atoms with E-state index >= 15 is 0 Å². The molecule has 0 aliphatic heterocycles. The molecular weight excluding hydrogens is 296 g/mol. The lowest BCUT2D eigenvalue weighted by Crippen LogP contribution is -2.31. The highest BCUT2D eigenvalue weighted by Crippen LogP contribution is 2.23. The molecular formula is C16H18N4O3. The Labute approximate surface area is 134 Å². The summed E-state index contributed by atoms with van der Waals surface area (Å²) in [5.41, 5.74) is 2.22. The normalized spacial score (nSPS) is 12.3. The molecule has 2 rings (SSSR count). The Bertz CT molecular complexity index is 683. The van der Waals surface area contributed by atoms with Gasteiger partial charge in [-0.25, -0.2) is 0 Å². The second kappa shape index (κ2) is 7.46. The summed E-state index contributed by atoms with van der Waals surface area (Å²) in [5, 5.41) is 27.9. The summed E-state index contributed by atoms with van der Waals surface area (Å²) in [5.74, 6) is 0. The highest BCUT2D eigenvalue weighted by molar-refractivity contribution is 5.53. The van der Waals surface area contributed by atoms with Crippen molar-refractivity contribution in [3.8, 4) is 0 Å². The van der Waals surface area contributed by atoms with Crippen molar-refractivity contribution in [2.75, 3.05) is 18.6 Å². The third kappa shape index (κ3) is 4.33. The van der Waals surface area contributed by atoms with Crippen LogP contribution in [-0.4, -0.2) is 29.7 Å². The molecule has 0 aromatic heterocycles. The molecule has 2 aromatic rings. The second-order valence-electron chi connectivity index (χ2n) is 5.13. The molecule has 7 nitrogen and oxygen atoms in total. The van der Waals surface area contributed by atoms with E-state index in [2.05, 4.69) is 10.2 Å². The molecule has 0 amide bonds. The van der Waals surface area contributed by atoms with Crippen molar-refractivity contribution in [1.82, 2.24) is 0 Å². The molecule has 0 saturated carbocycles. The van der Waals surface area contributed by atoms with Gasteiger partial charge in [0, 0.05) is 30.9 Å². The Kier molecular flexibility index (Phi) is 5.37. The number of nitro benzene ring substituents is 1. The number of nitrogens with zero attached hydrogens (tertiary/aromatic N) is 4. The molecule has 0 aliphatic carbocycles. The standard InChI is InChI=1S/C16H18N4O3/c1-12(11-21)19(2)15-7-3-13(4-8-15)17-18-14-5-9-16(10-6-14)20(22)23/h3-10,12,21H,11H2,1-2H3. The first kappa shape index (κ1) is 16.6. The number of hydrogen-bond acceptors (Lipinski definition) is 6. The maximum absolute atomic E-state index is 10.6. The zero-order chi connectivity index (χ0) is 16.8. The van der Waals surface area contributed by atoms with Crippen molar-refractivity contribution in [3.63, 3.8) is 0 Å².